The molecule has 1 unspecified atom stereocenters. The van der Waals surface area contributed by atoms with Gasteiger partial charge in [-0.15, -0.1) is 0 Å². The fourth-order valence-corrected chi connectivity index (χ4v) is 3.68. The zero-order valence-corrected chi connectivity index (χ0v) is 10.9. The standard InChI is InChI=1S/C12H19N3OS/c1-2-14-17(16,15-11-4-3-5-11)12-8-6-10(13)7-9-12/h6-9,11H,2-5,13H2,1H3,(H,14,15,16). The molecule has 0 radical (unpaired) electrons. The van der Waals surface area contributed by atoms with Crippen LogP contribution in [0.15, 0.2) is 33.5 Å². The summed E-state index contributed by atoms with van der Waals surface area (Å²) < 4.78 is 20.2. The Kier molecular flexibility index (Phi) is 3.69. The van der Waals surface area contributed by atoms with Crippen LogP contribution in [0.2, 0.25) is 0 Å². The molecule has 0 saturated heterocycles. The first-order chi connectivity index (χ1) is 8.14. The molecule has 2 rings (SSSR count). The molecular weight excluding hydrogens is 234 g/mol. The number of nitrogens with two attached hydrogens (primary N) is 1. The molecule has 1 aromatic carbocycles. The molecule has 94 valence electrons. The maximum Gasteiger partial charge on any atom is 0.137 e. The van der Waals surface area contributed by atoms with Gasteiger partial charge in [-0.25, -0.2) is 13.3 Å². The van der Waals surface area contributed by atoms with E-state index in [1.165, 1.54) is 6.42 Å². The zero-order valence-electron chi connectivity index (χ0n) is 10.1. The van der Waals surface area contributed by atoms with E-state index < -0.39 is 9.92 Å². The fraction of sp³-hybridized carbons (Fsp3) is 0.500. The van der Waals surface area contributed by atoms with Crippen molar-refractivity contribution in [3.8, 4) is 0 Å². The van der Waals surface area contributed by atoms with Crippen LogP contribution in [0.25, 0.3) is 0 Å². The van der Waals surface area contributed by atoms with Crippen molar-refractivity contribution in [2.24, 2.45) is 4.36 Å². The van der Waals surface area contributed by atoms with Crippen LogP contribution in [0.5, 0.6) is 0 Å². The molecule has 1 aromatic rings. The third-order valence-corrected chi connectivity index (χ3v) is 5.13. The highest BCUT2D eigenvalue weighted by Crippen LogP contribution is 2.22. The van der Waals surface area contributed by atoms with E-state index in [4.69, 9.17) is 5.73 Å². The predicted octanol–water partition coefficient (Wildman–Crippen LogP) is 2.17. The average molecular weight is 253 g/mol. The molecule has 0 bridgehead atoms. The van der Waals surface area contributed by atoms with Gasteiger partial charge in [-0.2, -0.15) is 0 Å². The molecule has 1 saturated carbocycles. The first kappa shape index (κ1) is 12.4. The Hall–Kier alpha value is -1.07. The molecule has 5 heteroatoms. The van der Waals surface area contributed by atoms with Gasteiger partial charge >= 0.3 is 0 Å². The average Bonchev–Trinajstić information content (AvgIpc) is 2.25. The van der Waals surface area contributed by atoms with E-state index >= 15 is 0 Å². The van der Waals surface area contributed by atoms with Crippen LogP contribution in [-0.2, 0) is 9.92 Å². The second-order valence-corrected chi connectivity index (χ2v) is 6.30. The largest absolute Gasteiger partial charge is 0.399 e. The predicted molar refractivity (Wildman–Crippen MR) is 71.0 cm³/mol. The van der Waals surface area contributed by atoms with Crippen LogP contribution in [0.4, 0.5) is 5.69 Å². The van der Waals surface area contributed by atoms with Gasteiger partial charge in [0.1, 0.15) is 9.92 Å². The summed E-state index contributed by atoms with van der Waals surface area (Å²) in [6, 6.07) is 7.46. The molecule has 1 aliphatic carbocycles. The number of benzene rings is 1. The van der Waals surface area contributed by atoms with E-state index in [2.05, 4.69) is 9.08 Å². The first-order valence-electron chi connectivity index (χ1n) is 6.00. The second-order valence-electron chi connectivity index (χ2n) is 4.29. The zero-order chi connectivity index (χ0) is 12.3. The van der Waals surface area contributed by atoms with Gasteiger partial charge in [0.05, 0.1) is 4.90 Å². The third-order valence-electron chi connectivity index (χ3n) is 2.94. The van der Waals surface area contributed by atoms with E-state index in [0.29, 0.717) is 18.3 Å². The van der Waals surface area contributed by atoms with E-state index in [1.54, 1.807) is 24.3 Å². The third kappa shape index (κ3) is 2.79. The maximum absolute atomic E-state index is 12.8. The molecule has 4 nitrogen and oxygen atoms in total. The van der Waals surface area contributed by atoms with Crippen molar-refractivity contribution in [2.75, 3.05) is 12.3 Å². The summed E-state index contributed by atoms with van der Waals surface area (Å²) in [6.45, 7) is 2.45. The number of hydrogen-bond donors (Lipinski definition) is 2. The Bertz CT molecular complexity index is 485. The Morgan fingerprint density at radius 2 is 2.06 bits per heavy atom. The molecule has 0 aliphatic heterocycles. The van der Waals surface area contributed by atoms with Crippen molar-refractivity contribution in [3.05, 3.63) is 24.3 Å². The molecule has 1 aliphatic rings. The van der Waals surface area contributed by atoms with Gasteiger partial charge in [-0.1, -0.05) is 6.42 Å². The summed E-state index contributed by atoms with van der Waals surface area (Å²) in [5, 5.41) is 0. The minimum absolute atomic E-state index is 0.343. The number of hydrogen-bond acceptors (Lipinski definition) is 3. The van der Waals surface area contributed by atoms with Crippen LogP contribution in [0.3, 0.4) is 0 Å². The van der Waals surface area contributed by atoms with Gasteiger partial charge in [0.15, 0.2) is 0 Å². The number of rotatable bonds is 4. The van der Waals surface area contributed by atoms with Crippen molar-refractivity contribution in [1.29, 1.82) is 0 Å². The Balaban J connectivity index is 2.30. The number of nitrogen functional groups attached to an aromatic ring is 1. The summed E-state index contributed by atoms with van der Waals surface area (Å²) >= 11 is 0. The van der Waals surface area contributed by atoms with Gasteiger partial charge < -0.3 is 5.73 Å². The Labute approximate surface area is 103 Å². The van der Waals surface area contributed by atoms with Crippen molar-refractivity contribution in [3.63, 3.8) is 0 Å². The minimum atomic E-state index is -2.48. The molecule has 0 amide bonds. The van der Waals surface area contributed by atoms with Crippen LogP contribution < -0.4 is 10.5 Å². The number of nitrogens with zero attached hydrogens (tertiary/aromatic N) is 1. The highest BCUT2D eigenvalue weighted by Gasteiger charge is 2.23. The Morgan fingerprint density at radius 1 is 1.41 bits per heavy atom. The molecule has 0 heterocycles. The van der Waals surface area contributed by atoms with E-state index in [-0.39, 0.29) is 0 Å². The van der Waals surface area contributed by atoms with Crippen molar-refractivity contribution in [1.82, 2.24) is 4.72 Å². The van der Waals surface area contributed by atoms with Crippen molar-refractivity contribution in [2.45, 2.75) is 37.1 Å². The monoisotopic (exact) mass is 253 g/mol. The second kappa shape index (κ2) is 5.06. The molecule has 0 spiro atoms. The summed E-state index contributed by atoms with van der Waals surface area (Å²) in [6.07, 6.45) is 3.39. The summed E-state index contributed by atoms with van der Waals surface area (Å²) in [7, 11) is -2.48. The molecule has 3 N–H and O–H groups in total. The van der Waals surface area contributed by atoms with Crippen LogP contribution in [0.1, 0.15) is 26.2 Å². The van der Waals surface area contributed by atoms with Crippen molar-refractivity contribution >= 4 is 15.6 Å². The number of anilines is 1. The quantitative estimate of drug-likeness (QED) is 0.808. The lowest BCUT2D eigenvalue weighted by molar-refractivity contribution is 0.389. The molecule has 17 heavy (non-hydrogen) atoms. The smallest absolute Gasteiger partial charge is 0.137 e. The normalized spacial score (nSPS) is 19.4. The fourth-order valence-electron chi connectivity index (χ4n) is 1.77. The molecular formula is C12H19N3OS. The highest BCUT2D eigenvalue weighted by molar-refractivity contribution is 7.91. The summed E-state index contributed by atoms with van der Waals surface area (Å²) in [5.41, 5.74) is 6.32. The summed E-state index contributed by atoms with van der Waals surface area (Å²) in [4.78, 5) is 0.723. The molecule has 0 aromatic heterocycles. The molecule has 1 atom stereocenters. The van der Waals surface area contributed by atoms with Gasteiger partial charge in [-0.3, -0.25) is 0 Å². The van der Waals surface area contributed by atoms with Crippen molar-refractivity contribution < 1.29 is 4.21 Å². The lowest BCUT2D eigenvalue weighted by Crippen LogP contribution is -2.39. The van der Waals surface area contributed by atoms with Gasteiger partial charge in [0, 0.05) is 18.3 Å². The molecule has 1 fully saturated rings. The van der Waals surface area contributed by atoms with E-state index in [1.807, 2.05) is 6.92 Å². The number of nitrogens with one attached hydrogen (secondary N) is 1. The van der Waals surface area contributed by atoms with Gasteiger partial charge in [0.2, 0.25) is 0 Å². The van der Waals surface area contributed by atoms with Crippen LogP contribution >= 0.6 is 0 Å². The SMILES string of the molecule is CCN=S(=O)(NC1CCC1)c1ccc(N)cc1. The van der Waals surface area contributed by atoms with Gasteiger partial charge in [-0.05, 0) is 44.0 Å². The lowest BCUT2D eigenvalue weighted by atomic mass is 9.94. The maximum atomic E-state index is 12.8. The van der Waals surface area contributed by atoms with E-state index in [9.17, 15) is 4.21 Å². The van der Waals surface area contributed by atoms with Crippen LogP contribution in [0, 0.1) is 0 Å². The summed E-state index contributed by atoms with van der Waals surface area (Å²) in [5.74, 6) is 0. The minimum Gasteiger partial charge on any atom is -0.399 e. The van der Waals surface area contributed by atoms with E-state index in [0.717, 1.165) is 17.7 Å². The topological polar surface area (TPSA) is 67.5 Å². The highest BCUT2D eigenvalue weighted by atomic mass is 32.2. The van der Waals surface area contributed by atoms with Gasteiger partial charge in [0.25, 0.3) is 0 Å². The van der Waals surface area contributed by atoms with Crippen LogP contribution in [-0.4, -0.2) is 16.8 Å². The Morgan fingerprint density at radius 3 is 2.53 bits per heavy atom. The first-order valence-corrected chi connectivity index (χ1v) is 7.51. The lowest BCUT2D eigenvalue weighted by Gasteiger charge is -2.28.